The first-order valence-corrected chi connectivity index (χ1v) is 8.93. The zero-order valence-corrected chi connectivity index (χ0v) is 15.4. The number of fused-ring (bicyclic) bond motifs is 1. The minimum absolute atomic E-state index is 0.0540. The fourth-order valence-electron chi connectivity index (χ4n) is 3.85. The van der Waals surface area contributed by atoms with E-state index >= 15 is 0 Å². The van der Waals surface area contributed by atoms with Gasteiger partial charge in [0.25, 0.3) is 5.91 Å². The van der Waals surface area contributed by atoms with Gasteiger partial charge in [0.15, 0.2) is 0 Å². The highest BCUT2D eigenvalue weighted by Gasteiger charge is 2.27. The average Bonchev–Trinajstić information content (AvgIpc) is 3.05. The summed E-state index contributed by atoms with van der Waals surface area (Å²) in [6.45, 7) is 3.26. The predicted molar refractivity (Wildman–Crippen MR) is 99.9 cm³/mol. The highest BCUT2D eigenvalue weighted by molar-refractivity contribution is 5.93. The van der Waals surface area contributed by atoms with Crippen molar-refractivity contribution in [2.24, 2.45) is 14.1 Å². The third-order valence-corrected chi connectivity index (χ3v) is 5.14. The van der Waals surface area contributed by atoms with Gasteiger partial charge in [0.2, 0.25) is 0 Å². The molecule has 0 unspecified atom stereocenters. The molecule has 0 atom stereocenters. The number of aromatic nitrogens is 4. The molecule has 1 aliphatic rings. The Labute approximate surface area is 153 Å². The van der Waals surface area contributed by atoms with Crippen molar-refractivity contribution >= 4 is 5.91 Å². The number of benzene rings is 1. The molecule has 0 N–H and O–H groups in total. The third-order valence-electron chi connectivity index (χ3n) is 5.14. The normalized spacial score (nSPS) is 14.2. The fourth-order valence-corrected chi connectivity index (χ4v) is 3.85. The minimum atomic E-state index is 0.0540. The van der Waals surface area contributed by atoms with Crippen LogP contribution in [0, 0.1) is 6.92 Å². The Hall–Kier alpha value is -2.89. The quantitative estimate of drug-likeness (QED) is 0.714. The van der Waals surface area contributed by atoms with Crippen molar-refractivity contribution in [2.45, 2.75) is 19.8 Å². The van der Waals surface area contributed by atoms with E-state index in [4.69, 9.17) is 5.10 Å². The summed E-state index contributed by atoms with van der Waals surface area (Å²) in [5.41, 5.74) is 6.15. The topological polar surface area (TPSA) is 56.0 Å². The van der Waals surface area contributed by atoms with E-state index in [1.54, 1.807) is 6.33 Å². The summed E-state index contributed by atoms with van der Waals surface area (Å²) in [5.74, 6) is 0.0540. The van der Waals surface area contributed by atoms with Crippen LogP contribution in [0.1, 0.15) is 27.4 Å². The Morgan fingerprint density at radius 3 is 2.50 bits per heavy atom. The number of amides is 1. The van der Waals surface area contributed by atoms with Gasteiger partial charge in [0.1, 0.15) is 5.69 Å². The smallest absolute Gasteiger partial charge is 0.272 e. The maximum absolute atomic E-state index is 13.0. The summed E-state index contributed by atoms with van der Waals surface area (Å²) in [6, 6.07) is 10.3. The van der Waals surface area contributed by atoms with Crippen molar-refractivity contribution in [3.05, 3.63) is 59.3 Å². The standard InChI is InChI=1S/C20H23N5O/c1-14-18(23(2)13-21-14)20(26)25-11-9-16-17(10-12-25)22-24(3)19(16)15-7-5-4-6-8-15/h4-8,13H,9-12H2,1-3H3. The summed E-state index contributed by atoms with van der Waals surface area (Å²) in [5, 5.41) is 4.74. The highest BCUT2D eigenvalue weighted by atomic mass is 16.2. The lowest BCUT2D eigenvalue weighted by Crippen LogP contribution is -2.35. The lowest BCUT2D eigenvalue weighted by Gasteiger charge is -2.21. The van der Waals surface area contributed by atoms with Gasteiger partial charge >= 0.3 is 0 Å². The lowest BCUT2D eigenvalue weighted by atomic mass is 10.0. The van der Waals surface area contributed by atoms with Crippen LogP contribution in [-0.4, -0.2) is 43.2 Å². The van der Waals surface area contributed by atoms with Gasteiger partial charge in [-0.25, -0.2) is 4.98 Å². The fraction of sp³-hybridized carbons (Fsp3) is 0.350. The number of hydrogen-bond acceptors (Lipinski definition) is 3. The van der Waals surface area contributed by atoms with Crippen LogP contribution >= 0.6 is 0 Å². The van der Waals surface area contributed by atoms with Gasteiger partial charge in [-0.05, 0) is 13.3 Å². The number of hydrogen-bond donors (Lipinski definition) is 0. The molecule has 26 heavy (non-hydrogen) atoms. The summed E-state index contributed by atoms with van der Waals surface area (Å²) in [6.07, 6.45) is 3.29. The number of rotatable bonds is 2. The van der Waals surface area contributed by atoms with E-state index in [0.717, 1.165) is 29.9 Å². The SMILES string of the molecule is Cc1ncn(C)c1C(=O)N1CCc2nn(C)c(-c3ccccc3)c2CC1. The highest BCUT2D eigenvalue weighted by Crippen LogP contribution is 2.28. The van der Waals surface area contributed by atoms with Crippen LogP contribution < -0.4 is 0 Å². The molecule has 0 saturated carbocycles. The van der Waals surface area contributed by atoms with Crippen molar-refractivity contribution in [3.63, 3.8) is 0 Å². The number of carbonyl (C=O) groups excluding carboxylic acids is 1. The van der Waals surface area contributed by atoms with E-state index in [1.807, 2.05) is 53.4 Å². The molecule has 3 aromatic rings. The van der Waals surface area contributed by atoms with Gasteiger partial charge in [-0.15, -0.1) is 0 Å². The second kappa shape index (κ2) is 6.44. The summed E-state index contributed by atoms with van der Waals surface area (Å²) < 4.78 is 3.78. The largest absolute Gasteiger partial charge is 0.337 e. The van der Waals surface area contributed by atoms with E-state index in [2.05, 4.69) is 17.1 Å². The Balaban J connectivity index is 1.63. The average molecular weight is 349 g/mol. The van der Waals surface area contributed by atoms with Gasteiger partial charge < -0.3 is 9.47 Å². The monoisotopic (exact) mass is 349 g/mol. The van der Waals surface area contributed by atoms with Crippen LogP contribution in [0.3, 0.4) is 0 Å². The van der Waals surface area contributed by atoms with Gasteiger partial charge in [-0.1, -0.05) is 30.3 Å². The van der Waals surface area contributed by atoms with E-state index < -0.39 is 0 Å². The van der Waals surface area contributed by atoms with E-state index in [9.17, 15) is 4.79 Å². The molecular formula is C20H23N5O. The van der Waals surface area contributed by atoms with Crippen molar-refractivity contribution in [1.29, 1.82) is 0 Å². The number of imidazole rings is 1. The number of aryl methyl sites for hydroxylation is 3. The first-order chi connectivity index (χ1) is 12.6. The van der Waals surface area contributed by atoms with Crippen molar-refractivity contribution in [3.8, 4) is 11.3 Å². The molecule has 0 saturated heterocycles. The second-order valence-corrected chi connectivity index (χ2v) is 6.85. The summed E-state index contributed by atoms with van der Waals surface area (Å²) in [7, 11) is 3.87. The van der Waals surface area contributed by atoms with E-state index in [0.29, 0.717) is 18.8 Å². The maximum Gasteiger partial charge on any atom is 0.272 e. The molecular weight excluding hydrogens is 326 g/mol. The predicted octanol–water partition coefficient (Wildman–Crippen LogP) is 2.37. The summed E-state index contributed by atoms with van der Waals surface area (Å²) >= 11 is 0. The molecule has 0 bridgehead atoms. The van der Waals surface area contributed by atoms with Gasteiger partial charge in [0.05, 0.1) is 23.4 Å². The Morgan fingerprint density at radius 2 is 1.81 bits per heavy atom. The first kappa shape index (κ1) is 16.6. The first-order valence-electron chi connectivity index (χ1n) is 8.93. The molecule has 1 amide bonds. The van der Waals surface area contributed by atoms with Crippen LogP contribution in [-0.2, 0) is 26.9 Å². The van der Waals surface area contributed by atoms with Crippen molar-refractivity contribution in [2.75, 3.05) is 13.1 Å². The molecule has 0 fully saturated rings. The Bertz CT molecular complexity index is 935. The van der Waals surface area contributed by atoms with Gasteiger partial charge in [-0.3, -0.25) is 9.48 Å². The Morgan fingerprint density at radius 1 is 1.08 bits per heavy atom. The van der Waals surface area contributed by atoms with Crippen LogP contribution in [0.25, 0.3) is 11.3 Å². The van der Waals surface area contributed by atoms with Crippen LogP contribution in [0.5, 0.6) is 0 Å². The van der Waals surface area contributed by atoms with Gasteiger partial charge in [0, 0.05) is 44.7 Å². The zero-order chi connectivity index (χ0) is 18.3. The third kappa shape index (κ3) is 2.71. The molecule has 3 heterocycles. The molecule has 2 aromatic heterocycles. The molecule has 4 rings (SSSR count). The lowest BCUT2D eigenvalue weighted by molar-refractivity contribution is 0.0752. The maximum atomic E-state index is 13.0. The molecule has 0 spiro atoms. The van der Waals surface area contributed by atoms with Crippen LogP contribution in [0.2, 0.25) is 0 Å². The second-order valence-electron chi connectivity index (χ2n) is 6.85. The molecule has 6 nitrogen and oxygen atoms in total. The van der Waals surface area contributed by atoms with Crippen LogP contribution in [0.15, 0.2) is 36.7 Å². The molecule has 6 heteroatoms. The minimum Gasteiger partial charge on any atom is -0.337 e. The molecule has 134 valence electrons. The van der Waals surface area contributed by atoms with Crippen molar-refractivity contribution < 1.29 is 4.79 Å². The molecule has 1 aliphatic heterocycles. The van der Waals surface area contributed by atoms with E-state index in [1.165, 1.54) is 11.1 Å². The molecule has 0 radical (unpaired) electrons. The van der Waals surface area contributed by atoms with Crippen LogP contribution in [0.4, 0.5) is 0 Å². The van der Waals surface area contributed by atoms with Crippen molar-refractivity contribution in [1.82, 2.24) is 24.2 Å². The Kier molecular flexibility index (Phi) is 4.11. The number of nitrogens with zero attached hydrogens (tertiary/aromatic N) is 5. The molecule has 0 aliphatic carbocycles. The van der Waals surface area contributed by atoms with Gasteiger partial charge in [-0.2, -0.15) is 5.10 Å². The molecule has 1 aromatic carbocycles. The summed E-state index contributed by atoms with van der Waals surface area (Å²) in [4.78, 5) is 19.2. The number of carbonyl (C=O) groups is 1. The zero-order valence-electron chi connectivity index (χ0n) is 15.4. The van der Waals surface area contributed by atoms with E-state index in [-0.39, 0.29) is 5.91 Å².